The summed E-state index contributed by atoms with van der Waals surface area (Å²) in [4.78, 5) is 6.86. The second-order valence-corrected chi connectivity index (χ2v) is 6.88. The van der Waals surface area contributed by atoms with E-state index in [4.69, 9.17) is 4.98 Å². The molecular weight excluding hydrogens is 358 g/mol. The summed E-state index contributed by atoms with van der Waals surface area (Å²) in [5.41, 5.74) is 4.67. The number of aromatic nitrogens is 3. The molecule has 0 saturated carbocycles. The van der Waals surface area contributed by atoms with Crippen molar-refractivity contribution in [3.05, 3.63) is 108 Å². The fourth-order valence-electron chi connectivity index (χ4n) is 3.07. The van der Waals surface area contributed by atoms with E-state index in [1.165, 1.54) is 16.7 Å². The molecule has 1 N–H and O–H groups in total. The molecule has 3 aromatic carbocycles. The number of rotatable bonds is 7. The summed E-state index contributed by atoms with van der Waals surface area (Å²) in [6.07, 6.45) is 1.70. The largest absolute Gasteiger partial charge is 0.349 e. The maximum Gasteiger partial charge on any atom is 0.244 e. The standard InChI is InChI=1S/C24H23N5/c1-19-12-14-20(15-13-19)16-25-24-27-23(17-26-28-24)29(22-10-6-3-7-11-22)18-21-8-4-2-5-9-21/h2-15,17H,16,18H2,1H3,(H,25,27,28). The first-order chi connectivity index (χ1) is 14.3. The summed E-state index contributed by atoms with van der Waals surface area (Å²) in [6.45, 7) is 3.43. The zero-order valence-electron chi connectivity index (χ0n) is 16.4. The number of nitrogens with zero attached hydrogens (tertiary/aromatic N) is 4. The Bertz CT molecular complexity index is 1030. The van der Waals surface area contributed by atoms with E-state index < -0.39 is 0 Å². The minimum atomic E-state index is 0.511. The van der Waals surface area contributed by atoms with Gasteiger partial charge in [0, 0.05) is 18.8 Å². The van der Waals surface area contributed by atoms with Crippen LogP contribution in [0.3, 0.4) is 0 Å². The van der Waals surface area contributed by atoms with E-state index in [9.17, 15) is 0 Å². The SMILES string of the molecule is Cc1ccc(CNc2nncc(N(Cc3ccccc3)c3ccccc3)n2)cc1. The van der Waals surface area contributed by atoms with Gasteiger partial charge in [-0.3, -0.25) is 0 Å². The Kier molecular flexibility index (Phi) is 5.76. The third-order valence-electron chi connectivity index (χ3n) is 4.65. The molecular formula is C24H23N5. The third kappa shape index (κ3) is 4.96. The van der Waals surface area contributed by atoms with Gasteiger partial charge in [0.05, 0.1) is 6.20 Å². The Labute approximate surface area is 171 Å². The highest BCUT2D eigenvalue weighted by molar-refractivity contribution is 5.60. The number of hydrogen-bond acceptors (Lipinski definition) is 5. The lowest BCUT2D eigenvalue weighted by Gasteiger charge is -2.24. The van der Waals surface area contributed by atoms with Crippen LogP contribution in [0.1, 0.15) is 16.7 Å². The first-order valence-corrected chi connectivity index (χ1v) is 9.63. The van der Waals surface area contributed by atoms with Crippen LogP contribution in [0.4, 0.5) is 17.5 Å². The van der Waals surface area contributed by atoms with Crippen LogP contribution < -0.4 is 10.2 Å². The average Bonchev–Trinajstić information content (AvgIpc) is 2.79. The van der Waals surface area contributed by atoms with Crippen LogP contribution >= 0.6 is 0 Å². The summed E-state index contributed by atoms with van der Waals surface area (Å²) in [6, 6.07) is 29.0. The Morgan fingerprint density at radius 3 is 2.21 bits per heavy atom. The predicted molar refractivity (Wildman–Crippen MR) is 117 cm³/mol. The van der Waals surface area contributed by atoms with Gasteiger partial charge < -0.3 is 10.2 Å². The van der Waals surface area contributed by atoms with E-state index in [1.807, 2.05) is 36.4 Å². The van der Waals surface area contributed by atoms with Crippen LogP contribution in [0.5, 0.6) is 0 Å². The van der Waals surface area contributed by atoms with Crippen molar-refractivity contribution in [3.8, 4) is 0 Å². The van der Waals surface area contributed by atoms with Gasteiger partial charge in [0.15, 0.2) is 5.82 Å². The summed E-state index contributed by atoms with van der Waals surface area (Å²) < 4.78 is 0. The lowest BCUT2D eigenvalue weighted by Crippen LogP contribution is -2.19. The van der Waals surface area contributed by atoms with Crippen molar-refractivity contribution >= 4 is 17.5 Å². The zero-order chi connectivity index (χ0) is 19.9. The van der Waals surface area contributed by atoms with E-state index >= 15 is 0 Å². The van der Waals surface area contributed by atoms with Crippen LogP contribution in [0.15, 0.2) is 91.1 Å². The van der Waals surface area contributed by atoms with Gasteiger partial charge in [0.2, 0.25) is 5.95 Å². The summed E-state index contributed by atoms with van der Waals surface area (Å²) in [5, 5.41) is 11.6. The Balaban J connectivity index is 1.57. The van der Waals surface area contributed by atoms with E-state index in [-0.39, 0.29) is 0 Å². The molecule has 29 heavy (non-hydrogen) atoms. The van der Waals surface area contributed by atoms with Crippen LogP contribution in [-0.4, -0.2) is 15.2 Å². The molecule has 0 aliphatic carbocycles. The first-order valence-electron chi connectivity index (χ1n) is 9.63. The first kappa shape index (κ1) is 18.6. The second kappa shape index (κ2) is 8.97. The molecule has 5 heteroatoms. The van der Waals surface area contributed by atoms with Gasteiger partial charge in [0.1, 0.15) is 0 Å². The van der Waals surface area contributed by atoms with Gasteiger partial charge in [0.25, 0.3) is 0 Å². The Morgan fingerprint density at radius 2 is 1.48 bits per heavy atom. The number of benzene rings is 3. The third-order valence-corrected chi connectivity index (χ3v) is 4.65. The molecule has 144 valence electrons. The molecule has 0 unspecified atom stereocenters. The van der Waals surface area contributed by atoms with Gasteiger partial charge in [-0.1, -0.05) is 78.4 Å². The van der Waals surface area contributed by atoms with E-state index in [0.717, 1.165) is 11.5 Å². The molecule has 0 amide bonds. The van der Waals surface area contributed by atoms with Crippen LogP contribution in [0.25, 0.3) is 0 Å². The highest BCUT2D eigenvalue weighted by atomic mass is 15.3. The lowest BCUT2D eigenvalue weighted by atomic mass is 10.1. The second-order valence-electron chi connectivity index (χ2n) is 6.88. The minimum Gasteiger partial charge on any atom is -0.349 e. The quantitative estimate of drug-likeness (QED) is 0.481. The number of nitrogens with one attached hydrogen (secondary N) is 1. The molecule has 1 heterocycles. The average molecular weight is 381 g/mol. The van der Waals surface area contributed by atoms with Crippen molar-refractivity contribution in [1.29, 1.82) is 0 Å². The van der Waals surface area contributed by atoms with Crippen LogP contribution in [-0.2, 0) is 13.1 Å². The van der Waals surface area contributed by atoms with Gasteiger partial charge >= 0.3 is 0 Å². The smallest absolute Gasteiger partial charge is 0.244 e. The molecule has 4 rings (SSSR count). The van der Waals surface area contributed by atoms with Crippen molar-refractivity contribution in [2.75, 3.05) is 10.2 Å². The summed E-state index contributed by atoms with van der Waals surface area (Å²) >= 11 is 0. The van der Waals surface area contributed by atoms with E-state index in [2.05, 4.69) is 75.9 Å². The Hall–Kier alpha value is -3.73. The predicted octanol–water partition coefficient (Wildman–Crippen LogP) is 5.13. The van der Waals surface area contributed by atoms with Crippen LogP contribution in [0, 0.1) is 6.92 Å². The normalized spacial score (nSPS) is 10.5. The van der Waals surface area contributed by atoms with E-state index in [1.54, 1.807) is 6.20 Å². The van der Waals surface area contributed by atoms with Gasteiger partial charge in [-0.15, -0.1) is 5.10 Å². The van der Waals surface area contributed by atoms with Crippen molar-refractivity contribution in [3.63, 3.8) is 0 Å². The highest BCUT2D eigenvalue weighted by Gasteiger charge is 2.13. The van der Waals surface area contributed by atoms with Gasteiger partial charge in [-0.2, -0.15) is 10.1 Å². The molecule has 0 radical (unpaired) electrons. The summed E-state index contributed by atoms with van der Waals surface area (Å²) in [5.74, 6) is 1.26. The van der Waals surface area contributed by atoms with Gasteiger partial charge in [-0.25, -0.2) is 0 Å². The zero-order valence-corrected chi connectivity index (χ0v) is 16.4. The fourth-order valence-corrected chi connectivity index (χ4v) is 3.07. The highest BCUT2D eigenvalue weighted by Crippen LogP contribution is 2.25. The van der Waals surface area contributed by atoms with Gasteiger partial charge in [-0.05, 0) is 30.2 Å². The topological polar surface area (TPSA) is 53.9 Å². The Morgan fingerprint density at radius 1 is 0.793 bits per heavy atom. The molecule has 0 aliphatic rings. The molecule has 0 spiro atoms. The van der Waals surface area contributed by atoms with Crippen molar-refractivity contribution < 1.29 is 0 Å². The number of para-hydroxylation sites is 1. The van der Waals surface area contributed by atoms with E-state index in [0.29, 0.717) is 19.0 Å². The maximum absolute atomic E-state index is 4.72. The molecule has 1 aromatic heterocycles. The molecule has 0 fully saturated rings. The number of anilines is 3. The fraction of sp³-hybridized carbons (Fsp3) is 0.125. The molecule has 4 aromatic rings. The lowest BCUT2D eigenvalue weighted by molar-refractivity contribution is 0.888. The summed E-state index contributed by atoms with van der Waals surface area (Å²) in [7, 11) is 0. The molecule has 0 atom stereocenters. The number of hydrogen-bond donors (Lipinski definition) is 1. The van der Waals surface area contributed by atoms with Crippen LogP contribution in [0.2, 0.25) is 0 Å². The van der Waals surface area contributed by atoms with Crippen molar-refractivity contribution in [1.82, 2.24) is 15.2 Å². The molecule has 0 saturated heterocycles. The van der Waals surface area contributed by atoms with Crippen molar-refractivity contribution in [2.24, 2.45) is 0 Å². The number of aryl methyl sites for hydroxylation is 1. The molecule has 5 nitrogen and oxygen atoms in total. The van der Waals surface area contributed by atoms with Crippen molar-refractivity contribution in [2.45, 2.75) is 20.0 Å². The molecule has 0 bridgehead atoms. The minimum absolute atomic E-state index is 0.511. The molecule has 0 aliphatic heterocycles. The monoisotopic (exact) mass is 381 g/mol. The maximum atomic E-state index is 4.72.